The number of nitro benzene ring substituents is 1. The highest BCUT2D eigenvalue weighted by atomic mass is 32.1. The predicted octanol–water partition coefficient (Wildman–Crippen LogP) is 3.12. The molecule has 118 valence electrons. The van der Waals surface area contributed by atoms with Crippen LogP contribution in [0.1, 0.15) is 44.6 Å². The number of nitro groups is 1. The molecule has 1 aliphatic rings. The third-order valence-corrected chi connectivity index (χ3v) is 3.97. The first-order valence-corrected chi connectivity index (χ1v) is 7.82. The van der Waals surface area contributed by atoms with Crippen molar-refractivity contribution in [1.82, 2.24) is 10.7 Å². The molecule has 1 aromatic rings. The molecule has 0 unspecified atom stereocenters. The maximum Gasteiger partial charge on any atom is 0.269 e. The van der Waals surface area contributed by atoms with Crippen molar-refractivity contribution in [2.24, 2.45) is 5.10 Å². The number of hydrogen-bond donors (Lipinski definition) is 2. The Kier molecular flexibility index (Phi) is 5.83. The molecule has 0 spiro atoms. The Bertz CT molecular complexity index is 565. The zero-order valence-electron chi connectivity index (χ0n) is 12.5. The number of nitrogens with zero attached hydrogens (tertiary/aromatic N) is 2. The van der Waals surface area contributed by atoms with E-state index >= 15 is 0 Å². The highest BCUT2D eigenvalue weighted by Gasteiger charge is 2.13. The monoisotopic (exact) mass is 320 g/mol. The van der Waals surface area contributed by atoms with E-state index in [1.807, 2.05) is 6.92 Å². The average Bonchev–Trinajstić information content (AvgIpc) is 2.53. The summed E-state index contributed by atoms with van der Waals surface area (Å²) in [4.78, 5) is 10.2. The van der Waals surface area contributed by atoms with Crippen molar-refractivity contribution < 1.29 is 4.92 Å². The summed E-state index contributed by atoms with van der Waals surface area (Å²) in [6, 6.07) is 6.72. The van der Waals surface area contributed by atoms with Crippen LogP contribution in [0.15, 0.2) is 29.4 Å². The van der Waals surface area contributed by atoms with Crippen LogP contribution >= 0.6 is 12.2 Å². The van der Waals surface area contributed by atoms with Gasteiger partial charge >= 0.3 is 0 Å². The minimum absolute atomic E-state index is 0.0685. The molecule has 0 bridgehead atoms. The van der Waals surface area contributed by atoms with Gasteiger partial charge in [-0.05, 0) is 49.7 Å². The molecule has 0 aliphatic heterocycles. The molecule has 2 N–H and O–H groups in total. The van der Waals surface area contributed by atoms with Crippen LogP contribution < -0.4 is 10.7 Å². The Morgan fingerprint density at radius 3 is 2.50 bits per heavy atom. The van der Waals surface area contributed by atoms with Gasteiger partial charge in [-0.2, -0.15) is 5.10 Å². The van der Waals surface area contributed by atoms with Crippen LogP contribution in [0.3, 0.4) is 0 Å². The molecule has 1 aromatic carbocycles. The van der Waals surface area contributed by atoms with E-state index in [2.05, 4.69) is 15.8 Å². The molecule has 2 rings (SSSR count). The number of benzene rings is 1. The lowest BCUT2D eigenvalue weighted by Gasteiger charge is -2.23. The molecule has 0 heterocycles. The second-order valence-corrected chi connectivity index (χ2v) is 5.83. The third kappa shape index (κ3) is 4.77. The lowest BCUT2D eigenvalue weighted by Crippen LogP contribution is -2.41. The number of rotatable bonds is 4. The van der Waals surface area contributed by atoms with Gasteiger partial charge in [0.05, 0.1) is 10.6 Å². The second-order valence-electron chi connectivity index (χ2n) is 5.42. The van der Waals surface area contributed by atoms with E-state index in [0.717, 1.165) is 24.1 Å². The maximum atomic E-state index is 10.6. The minimum Gasteiger partial charge on any atom is -0.359 e. The predicted molar refractivity (Wildman–Crippen MR) is 91.0 cm³/mol. The number of hydrazone groups is 1. The van der Waals surface area contributed by atoms with Gasteiger partial charge in [-0.1, -0.05) is 19.3 Å². The summed E-state index contributed by atoms with van der Waals surface area (Å²) < 4.78 is 0. The zero-order valence-corrected chi connectivity index (χ0v) is 13.4. The highest BCUT2D eigenvalue weighted by molar-refractivity contribution is 7.80. The quantitative estimate of drug-likeness (QED) is 0.386. The SMILES string of the molecule is C/C(=N\NC(=S)NC1CCCCC1)c1ccc([N+](=O)[O-])cc1. The third-order valence-electron chi connectivity index (χ3n) is 3.76. The standard InChI is InChI=1S/C15H20N4O2S/c1-11(12-7-9-14(10-8-12)19(20)21)17-18-15(22)16-13-5-3-2-4-6-13/h7-10,13H,2-6H2,1H3,(H2,16,18,22)/b17-11+. The Morgan fingerprint density at radius 1 is 1.27 bits per heavy atom. The van der Waals surface area contributed by atoms with Crippen LogP contribution in [0.5, 0.6) is 0 Å². The van der Waals surface area contributed by atoms with E-state index in [1.165, 1.54) is 31.4 Å². The van der Waals surface area contributed by atoms with Crippen LogP contribution in [0.2, 0.25) is 0 Å². The molecule has 0 atom stereocenters. The van der Waals surface area contributed by atoms with E-state index in [0.29, 0.717) is 11.2 Å². The average molecular weight is 320 g/mol. The largest absolute Gasteiger partial charge is 0.359 e. The molecular weight excluding hydrogens is 300 g/mol. The van der Waals surface area contributed by atoms with E-state index < -0.39 is 4.92 Å². The van der Waals surface area contributed by atoms with Crippen molar-refractivity contribution in [1.29, 1.82) is 0 Å². The molecule has 0 amide bonds. The smallest absolute Gasteiger partial charge is 0.269 e. The Labute approximate surface area is 135 Å². The first-order chi connectivity index (χ1) is 10.6. The number of nitrogens with one attached hydrogen (secondary N) is 2. The van der Waals surface area contributed by atoms with E-state index in [-0.39, 0.29) is 5.69 Å². The van der Waals surface area contributed by atoms with Gasteiger partial charge in [0.2, 0.25) is 0 Å². The van der Waals surface area contributed by atoms with Crippen LogP contribution in [0, 0.1) is 10.1 Å². The van der Waals surface area contributed by atoms with Crippen molar-refractivity contribution >= 4 is 28.7 Å². The Hall–Kier alpha value is -2.02. The normalized spacial score (nSPS) is 16.1. The van der Waals surface area contributed by atoms with Crippen LogP contribution in [-0.4, -0.2) is 21.8 Å². The summed E-state index contributed by atoms with van der Waals surface area (Å²) in [5.41, 5.74) is 4.45. The minimum atomic E-state index is -0.419. The summed E-state index contributed by atoms with van der Waals surface area (Å²) in [5, 5.41) is 18.6. The fraction of sp³-hybridized carbons (Fsp3) is 0.467. The summed E-state index contributed by atoms with van der Waals surface area (Å²) >= 11 is 5.24. The first kappa shape index (κ1) is 16.4. The van der Waals surface area contributed by atoms with E-state index in [1.54, 1.807) is 12.1 Å². The molecule has 0 radical (unpaired) electrons. The van der Waals surface area contributed by atoms with Gasteiger partial charge in [0.15, 0.2) is 5.11 Å². The van der Waals surface area contributed by atoms with Gasteiger partial charge in [-0.3, -0.25) is 15.5 Å². The maximum absolute atomic E-state index is 10.6. The van der Waals surface area contributed by atoms with Gasteiger partial charge in [0.1, 0.15) is 0 Å². The Morgan fingerprint density at radius 2 is 1.91 bits per heavy atom. The topological polar surface area (TPSA) is 79.6 Å². The Balaban J connectivity index is 1.88. The lowest BCUT2D eigenvalue weighted by molar-refractivity contribution is -0.384. The molecule has 0 aromatic heterocycles. The first-order valence-electron chi connectivity index (χ1n) is 7.42. The fourth-order valence-electron chi connectivity index (χ4n) is 2.49. The molecule has 1 saturated carbocycles. The van der Waals surface area contributed by atoms with Gasteiger partial charge in [-0.15, -0.1) is 0 Å². The summed E-state index contributed by atoms with van der Waals surface area (Å²) in [6.45, 7) is 1.83. The van der Waals surface area contributed by atoms with Gasteiger partial charge in [0.25, 0.3) is 5.69 Å². The van der Waals surface area contributed by atoms with Gasteiger partial charge < -0.3 is 5.32 Å². The second kappa shape index (κ2) is 7.84. The number of non-ortho nitro benzene ring substituents is 1. The lowest BCUT2D eigenvalue weighted by atomic mass is 9.96. The van der Waals surface area contributed by atoms with Crippen molar-refractivity contribution in [3.05, 3.63) is 39.9 Å². The summed E-state index contributed by atoms with van der Waals surface area (Å²) in [7, 11) is 0. The molecule has 7 heteroatoms. The van der Waals surface area contributed by atoms with Crippen LogP contribution in [0.4, 0.5) is 5.69 Å². The van der Waals surface area contributed by atoms with Crippen molar-refractivity contribution in [3.8, 4) is 0 Å². The van der Waals surface area contributed by atoms with E-state index in [9.17, 15) is 10.1 Å². The van der Waals surface area contributed by atoms with Crippen molar-refractivity contribution in [3.63, 3.8) is 0 Å². The molecule has 1 fully saturated rings. The van der Waals surface area contributed by atoms with E-state index in [4.69, 9.17) is 12.2 Å². The summed E-state index contributed by atoms with van der Waals surface area (Å²) in [6.07, 6.45) is 6.08. The highest BCUT2D eigenvalue weighted by Crippen LogP contribution is 2.17. The number of hydrogen-bond acceptors (Lipinski definition) is 4. The van der Waals surface area contributed by atoms with Crippen LogP contribution in [-0.2, 0) is 0 Å². The molecule has 22 heavy (non-hydrogen) atoms. The van der Waals surface area contributed by atoms with Crippen molar-refractivity contribution in [2.75, 3.05) is 0 Å². The van der Waals surface area contributed by atoms with Crippen LogP contribution in [0.25, 0.3) is 0 Å². The molecule has 1 aliphatic carbocycles. The molecule has 0 saturated heterocycles. The summed E-state index contributed by atoms with van der Waals surface area (Å²) in [5.74, 6) is 0. The van der Waals surface area contributed by atoms with Crippen molar-refractivity contribution in [2.45, 2.75) is 45.1 Å². The number of thiocarbonyl (C=S) groups is 1. The fourth-order valence-corrected chi connectivity index (χ4v) is 2.70. The zero-order chi connectivity index (χ0) is 15.9. The molecular formula is C15H20N4O2S. The molecule has 6 nitrogen and oxygen atoms in total. The van der Waals surface area contributed by atoms with Gasteiger partial charge in [-0.25, -0.2) is 0 Å². The van der Waals surface area contributed by atoms with Gasteiger partial charge in [0, 0.05) is 18.2 Å².